The molecule has 120 valence electrons. The van der Waals surface area contributed by atoms with Crippen LogP contribution in [0.5, 0.6) is 0 Å². The number of ether oxygens (including phenoxy) is 1. The summed E-state index contributed by atoms with van der Waals surface area (Å²) < 4.78 is 5.34. The monoisotopic (exact) mass is 313 g/mol. The Balaban J connectivity index is 2.30. The Morgan fingerprint density at radius 1 is 1.04 bits per heavy atom. The van der Waals surface area contributed by atoms with E-state index in [1.54, 1.807) is 55.5 Å². The van der Waals surface area contributed by atoms with E-state index in [1.807, 2.05) is 12.1 Å². The van der Waals surface area contributed by atoms with Gasteiger partial charge in [0.15, 0.2) is 6.10 Å². The largest absolute Gasteiger partial charge is 0.479 e. The fraction of sp³-hybridized carbons (Fsp3) is 0.222. The van der Waals surface area contributed by atoms with Crippen LogP contribution in [-0.2, 0) is 9.53 Å². The molecule has 0 bridgehead atoms. The number of carbonyl (C=O) groups is 2. The third-order valence-electron chi connectivity index (χ3n) is 3.37. The van der Waals surface area contributed by atoms with Crippen molar-refractivity contribution in [1.82, 2.24) is 5.32 Å². The smallest absolute Gasteiger partial charge is 0.335 e. The molecule has 1 amide bonds. The second kappa shape index (κ2) is 8.10. The summed E-state index contributed by atoms with van der Waals surface area (Å²) in [6.45, 7) is 1.96. The van der Waals surface area contributed by atoms with Crippen molar-refractivity contribution >= 4 is 11.9 Å². The lowest BCUT2D eigenvalue weighted by molar-refractivity contribution is -0.152. The molecule has 2 atom stereocenters. The lowest BCUT2D eigenvalue weighted by Gasteiger charge is -2.25. The van der Waals surface area contributed by atoms with Crippen LogP contribution in [-0.4, -0.2) is 29.7 Å². The van der Waals surface area contributed by atoms with Gasteiger partial charge in [0.2, 0.25) is 0 Å². The second-order valence-electron chi connectivity index (χ2n) is 4.94. The molecule has 0 saturated carbocycles. The minimum absolute atomic E-state index is 0.238. The van der Waals surface area contributed by atoms with Gasteiger partial charge in [-0.15, -0.1) is 0 Å². The quantitative estimate of drug-likeness (QED) is 0.824. The maximum atomic E-state index is 12.4. The van der Waals surface area contributed by atoms with E-state index in [0.29, 0.717) is 11.1 Å². The molecule has 0 radical (unpaired) electrons. The van der Waals surface area contributed by atoms with Crippen molar-refractivity contribution < 1.29 is 19.4 Å². The van der Waals surface area contributed by atoms with Crippen molar-refractivity contribution in [2.24, 2.45) is 0 Å². The Labute approximate surface area is 134 Å². The van der Waals surface area contributed by atoms with Crippen molar-refractivity contribution in [3.05, 3.63) is 71.8 Å². The highest BCUT2D eigenvalue weighted by atomic mass is 16.5. The Morgan fingerprint density at radius 3 is 2.13 bits per heavy atom. The number of carboxylic acid groups (broad SMARTS) is 1. The van der Waals surface area contributed by atoms with E-state index in [9.17, 15) is 14.7 Å². The van der Waals surface area contributed by atoms with Crippen molar-refractivity contribution in [3.8, 4) is 0 Å². The highest BCUT2D eigenvalue weighted by Crippen LogP contribution is 2.20. The SMILES string of the molecule is CCOC(C(=O)O)C(NC(=O)c1ccccc1)c1ccccc1. The van der Waals surface area contributed by atoms with E-state index in [1.165, 1.54) is 0 Å². The Morgan fingerprint density at radius 2 is 1.61 bits per heavy atom. The number of amides is 1. The first-order valence-electron chi connectivity index (χ1n) is 7.38. The number of carbonyl (C=O) groups excluding carboxylic acids is 1. The summed E-state index contributed by atoms with van der Waals surface area (Å²) in [4.78, 5) is 23.9. The highest BCUT2D eigenvalue weighted by molar-refractivity contribution is 5.94. The predicted octanol–water partition coefficient (Wildman–Crippen LogP) is 2.65. The van der Waals surface area contributed by atoms with E-state index in [-0.39, 0.29) is 12.5 Å². The second-order valence-corrected chi connectivity index (χ2v) is 4.94. The number of rotatable bonds is 7. The zero-order chi connectivity index (χ0) is 16.7. The minimum Gasteiger partial charge on any atom is -0.479 e. The number of benzene rings is 2. The first-order chi connectivity index (χ1) is 11.1. The number of carboxylic acids is 1. The van der Waals surface area contributed by atoms with Crippen LogP contribution in [0.15, 0.2) is 60.7 Å². The molecule has 5 heteroatoms. The summed E-state index contributed by atoms with van der Waals surface area (Å²) in [6.07, 6.45) is -1.16. The molecular weight excluding hydrogens is 294 g/mol. The summed E-state index contributed by atoms with van der Waals surface area (Å²) in [5.41, 5.74) is 1.15. The van der Waals surface area contributed by atoms with Crippen LogP contribution in [0.1, 0.15) is 28.9 Å². The number of hydrogen-bond acceptors (Lipinski definition) is 3. The van der Waals surface area contributed by atoms with Gasteiger partial charge in [-0.25, -0.2) is 4.79 Å². The third-order valence-corrected chi connectivity index (χ3v) is 3.37. The fourth-order valence-corrected chi connectivity index (χ4v) is 2.30. The molecule has 23 heavy (non-hydrogen) atoms. The van der Waals surface area contributed by atoms with Gasteiger partial charge in [0.1, 0.15) is 0 Å². The summed E-state index contributed by atoms with van der Waals surface area (Å²) in [5, 5.41) is 12.2. The molecule has 2 aromatic rings. The average Bonchev–Trinajstić information content (AvgIpc) is 2.59. The molecule has 0 saturated heterocycles. The normalized spacial score (nSPS) is 13.1. The molecule has 0 aliphatic carbocycles. The minimum atomic E-state index is -1.16. The van der Waals surface area contributed by atoms with Crippen molar-refractivity contribution in [1.29, 1.82) is 0 Å². The topological polar surface area (TPSA) is 75.6 Å². The number of aliphatic carboxylic acids is 1. The third kappa shape index (κ3) is 4.40. The zero-order valence-electron chi connectivity index (χ0n) is 12.8. The van der Waals surface area contributed by atoms with Gasteiger partial charge in [-0.2, -0.15) is 0 Å². The summed E-state index contributed by atoms with van der Waals surface area (Å²) in [5.74, 6) is -1.46. The van der Waals surface area contributed by atoms with Gasteiger partial charge < -0.3 is 15.2 Å². The van der Waals surface area contributed by atoms with E-state index in [0.717, 1.165) is 0 Å². The Bertz CT molecular complexity index is 643. The van der Waals surface area contributed by atoms with E-state index >= 15 is 0 Å². The Kier molecular flexibility index (Phi) is 5.88. The molecule has 0 fully saturated rings. The zero-order valence-corrected chi connectivity index (χ0v) is 12.8. The van der Waals surface area contributed by atoms with Crippen LogP contribution in [0, 0.1) is 0 Å². The molecule has 2 aromatic carbocycles. The lowest BCUT2D eigenvalue weighted by atomic mass is 10.0. The molecule has 0 aliphatic rings. The van der Waals surface area contributed by atoms with Gasteiger partial charge in [0, 0.05) is 12.2 Å². The maximum absolute atomic E-state index is 12.4. The van der Waals surface area contributed by atoms with Crippen LogP contribution in [0.3, 0.4) is 0 Å². The van der Waals surface area contributed by atoms with Gasteiger partial charge >= 0.3 is 5.97 Å². The first-order valence-corrected chi connectivity index (χ1v) is 7.38. The summed E-state index contributed by atoms with van der Waals surface area (Å²) in [7, 11) is 0. The van der Waals surface area contributed by atoms with Crippen molar-refractivity contribution in [2.45, 2.75) is 19.1 Å². The van der Waals surface area contributed by atoms with Crippen LogP contribution in [0.2, 0.25) is 0 Å². The van der Waals surface area contributed by atoms with Crippen LogP contribution < -0.4 is 5.32 Å². The van der Waals surface area contributed by atoms with Gasteiger partial charge in [0.05, 0.1) is 6.04 Å². The molecule has 2 rings (SSSR count). The molecular formula is C18H19NO4. The number of nitrogens with one attached hydrogen (secondary N) is 1. The van der Waals surface area contributed by atoms with Gasteiger partial charge in [-0.3, -0.25) is 4.79 Å². The fourth-order valence-electron chi connectivity index (χ4n) is 2.30. The van der Waals surface area contributed by atoms with Crippen LogP contribution in [0.4, 0.5) is 0 Å². The van der Waals surface area contributed by atoms with Crippen LogP contribution >= 0.6 is 0 Å². The molecule has 2 unspecified atom stereocenters. The Hall–Kier alpha value is -2.66. The van der Waals surface area contributed by atoms with E-state index < -0.39 is 18.1 Å². The van der Waals surface area contributed by atoms with Crippen molar-refractivity contribution in [2.75, 3.05) is 6.61 Å². The van der Waals surface area contributed by atoms with Gasteiger partial charge in [0.25, 0.3) is 5.91 Å². The van der Waals surface area contributed by atoms with Gasteiger partial charge in [-0.1, -0.05) is 48.5 Å². The summed E-state index contributed by atoms with van der Waals surface area (Å²) in [6, 6.07) is 16.8. The average molecular weight is 313 g/mol. The first kappa shape index (κ1) is 16.7. The molecule has 0 aromatic heterocycles. The van der Waals surface area contributed by atoms with Gasteiger partial charge in [-0.05, 0) is 24.6 Å². The van der Waals surface area contributed by atoms with Crippen molar-refractivity contribution in [3.63, 3.8) is 0 Å². The lowest BCUT2D eigenvalue weighted by Crippen LogP contribution is -2.42. The number of hydrogen-bond donors (Lipinski definition) is 2. The predicted molar refractivity (Wildman–Crippen MR) is 86.1 cm³/mol. The molecule has 2 N–H and O–H groups in total. The summed E-state index contributed by atoms with van der Waals surface area (Å²) >= 11 is 0. The van der Waals surface area contributed by atoms with E-state index in [4.69, 9.17) is 4.74 Å². The van der Waals surface area contributed by atoms with Crippen LogP contribution in [0.25, 0.3) is 0 Å². The molecule has 5 nitrogen and oxygen atoms in total. The maximum Gasteiger partial charge on any atom is 0.335 e. The highest BCUT2D eigenvalue weighted by Gasteiger charge is 2.31. The van der Waals surface area contributed by atoms with E-state index in [2.05, 4.69) is 5.32 Å². The molecule has 0 aliphatic heterocycles. The molecule has 0 heterocycles. The standard InChI is InChI=1S/C18H19NO4/c1-2-23-16(18(21)22)15(13-9-5-3-6-10-13)19-17(20)14-11-7-4-8-12-14/h3-12,15-16H,2H2,1H3,(H,19,20)(H,21,22). The molecule has 0 spiro atoms.